The van der Waals surface area contributed by atoms with Crippen molar-refractivity contribution in [3.8, 4) is 0 Å². The third-order valence-electron chi connectivity index (χ3n) is 2.65. The van der Waals surface area contributed by atoms with Crippen LogP contribution in [0.4, 0.5) is 0 Å². The van der Waals surface area contributed by atoms with Gasteiger partial charge in [-0.3, -0.25) is 9.79 Å². The number of rotatable bonds is 7. The molecule has 1 atom stereocenters. The molecule has 0 N–H and O–H groups in total. The molecule has 0 amide bonds. The third kappa shape index (κ3) is 7.21. The van der Waals surface area contributed by atoms with Crippen LogP contribution in [0.15, 0.2) is 28.3 Å². The number of carbonyl (C=O) groups excluding carboxylic acids is 1. The zero-order chi connectivity index (χ0) is 14.1. The van der Waals surface area contributed by atoms with Gasteiger partial charge in [-0.1, -0.05) is 31.1 Å². The molecule has 18 heavy (non-hydrogen) atoms. The lowest BCUT2D eigenvalue weighted by Crippen LogP contribution is -2.11. The fraction of sp³-hybridized carbons (Fsp3) is 0.625. The Morgan fingerprint density at radius 1 is 1.28 bits per heavy atom. The highest BCUT2D eigenvalue weighted by Gasteiger charge is 2.08. The SMILES string of the molecule is CCCC(=O)C(/C=C(\C)CC(C)C=C(C)C)=NC. The van der Waals surface area contributed by atoms with Crippen LogP contribution in [0.5, 0.6) is 0 Å². The van der Waals surface area contributed by atoms with Crippen molar-refractivity contribution >= 4 is 11.5 Å². The predicted molar refractivity (Wildman–Crippen MR) is 80.2 cm³/mol. The zero-order valence-corrected chi connectivity index (χ0v) is 12.7. The van der Waals surface area contributed by atoms with Gasteiger partial charge in [-0.15, -0.1) is 0 Å². The van der Waals surface area contributed by atoms with Crippen LogP contribution >= 0.6 is 0 Å². The topological polar surface area (TPSA) is 29.4 Å². The first-order valence-electron chi connectivity index (χ1n) is 6.72. The molecule has 0 bridgehead atoms. The summed E-state index contributed by atoms with van der Waals surface area (Å²) in [4.78, 5) is 15.9. The normalized spacial score (nSPS) is 14.3. The highest BCUT2D eigenvalue weighted by molar-refractivity contribution is 6.44. The summed E-state index contributed by atoms with van der Waals surface area (Å²) in [6.45, 7) is 10.5. The van der Waals surface area contributed by atoms with Crippen molar-refractivity contribution in [2.24, 2.45) is 10.9 Å². The number of aliphatic imine (C=N–C) groups is 1. The number of hydrogen-bond donors (Lipinski definition) is 0. The molecule has 0 heterocycles. The van der Waals surface area contributed by atoms with E-state index >= 15 is 0 Å². The van der Waals surface area contributed by atoms with Crippen LogP contribution in [0.1, 0.15) is 53.9 Å². The van der Waals surface area contributed by atoms with Gasteiger partial charge in [0.25, 0.3) is 0 Å². The first-order valence-corrected chi connectivity index (χ1v) is 6.72. The van der Waals surface area contributed by atoms with Gasteiger partial charge in [-0.05, 0) is 45.6 Å². The number of hydrogen-bond acceptors (Lipinski definition) is 2. The van der Waals surface area contributed by atoms with Crippen molar-refractivity contribution in [2.75, 3.05) is 7.05 Å². The van der Waals surface area contributed by atoms with Crippen LogP contribution in [-0.4, -0.2) is 18.5 Å². The lowest BCUT2D eigenvalue weighted by molar-refractivity contribution is -0.112. The Hall–Kier alpha value is -1.18. The lowest BCUT2D eigenvalue weighted by atomic mass is 9.98. The minimum absolute atomic E-state index is 0.147. The summed E-state index contributed by atoms with van der Waals surface area (Å²) in [5, 5.41) is 0. The molecule has 0 spiro atoms. The van der Waals surface area contributed by atoms with Gasteiger partial charge in [0, 0.05) is 13.5 Å². The highest BCUT2D eigenvalue weighted by Crippen LogP contribution is 2.14. The van der Waals surface area contributed by atoms with Crippen LogP contribution in [0.2, 0.25) is 0 Å². The van der Waals surface area contributed by atoms with Crippen molar-refractivity contribution in [1.29, 1.82) is 0 Å². The Balaban J connectivity index is 4.65. The summed E-state index contributed by atoms with van der Waals surface area (Å²) >= 11 is 0. The van der Waals surface area contributed by atoms with E-state index < -0.39 is 0 Å². The van der Waals surface area contributed by atoms with Gasteiger partial charge >= 0.3 is 0 Å². The maximum atomic E-state index is 11.8. The number of ketones is 1. The van der Waals surface area contributed by atoms with E-state index in [0.717, 1.165) is 12.8 Å². The van der Waals surface area contributed by atoms with Gasteiger partial charge in [0.2, 0.25) is 0 Å². The summed E-state index contributed by atoms with van der Waals surface area (Å²) in [5.41, 5.74) is 3.16. The van der Waals surface area contributed by atoms with Crippen molar-refractivity contribution < 1.29 is 4.79 Å². The van der Waals surface area contributed by atoms with Crippen molar-refractivity contribution in [3.63, 3.8) is 0 Å². The Kier molecular flexibility index (Phi) is 8.27. The Bertz CT molecular complexity index is 357. The third-order valence-corrected chi connectivity index (χ3v) is 2.65. The molecule has 0 radical (unpaired) electrons. The van der Waals surface area contributed by atoms with Crippen LogP contribution in [-0.2, 0) is 4.79 Å². The van der Waals surface area contributed by atoms with Crippen LogP contribution < -0.4 is 0 Å². The summed E-state index contributed by atoms with van der Waals surface area (Å²) in [6, 6.07) is 0. The molecule has 0 aromatic carbocycles. The second-order valence-corrected chi connectivity index (χ2v) is 5.20. The molecule has 0 aliphatic heterocycles. The Morgan fingerprint density at radius 2 is 1.89 bits per heavy atom. The molecule has 0 aromatic rings. The summed E-state index contributed by atoms with van der Waals surface area (Å²) in [6.07, 6.45) is 6.63. The molecule has 0 aliphatic rings. The molecule has 0 saturated heterocycles. The number of carbonyl (C=O) groups is 1. The average Bonchev–Trinajstić information content (AvgIpc) is 2.24. The second kappa shape index (κ2) is 8.84. The fourth-order valence-corrected chi connectivity index (χ4v) is 2.05. The minimum atomic E-state index is 0.147. The molecule has 0 fully saturated rings. The monoisotopic (exact) mass is 249 g/mol. The van der Waals surface area contributed by atoms with E-state index in [1.54, 1.807) is 7.05 Å². The first-order chi connectivity index (χ1) is 8.40. The molecule has 0 rings (SSSR count). The molecule has 2 nitrogen and oxygen atoms in total. The van der Waals surface area contributed by atoms with E-state index in [1.165, 1.54) is 11.1 Å². The molecular weight excluding hydrogens is 222 g/mol. The van der Waals surface area contributed by atoms with Gasteiger partial charge in [0.05, 0.1) is 5.71 Å². The van der Waals surface area contributed by atoms with Crippen LogP contribution in [0.25, 0.3) is 0 Å². The Labute approximate surface area is 112 Å². The second-order valence-electron chi connectivity index (χ2n) is 5.20. The first kappa shape index (κ1) is 16.8. The van der Waals surface area contributed by atoms with Gasteiger partial charge in [0.15, 0.2) is 5.78 Å². The number of allylic oxidation sites excluding steroid dienone is 4. The standard InChI is InChI=1S/C16H27NO/c1-7-8-16(18)15(17-6)11-14(5)10-13(4)9-12(2)3/h9,11,13H,7-8,10H2,1-6H3/b14-11+,17-15?. The van der Waals surface area contributed by atoms with Crippen LogP contribution in [0, 0.1) is 5.92 Å². The molecule has 2 heteroatoms. The number of nitrogens with zero attached hydrogens (tertiary/aromatic N) is 1. The lowest BCUT2D eigenvalue weighted by Gasteiger charge is -2.08. The van der Waals surface area contributed by atoms with Gasteiger partial charge < -0.3 is 0 Å². The molecular formula is C16H27NO. The highest BCUT2D eigenvalue weighted by atomic mass is 16.1. The van der Waals surface area contributed by atoms with E-state index in [1.807, 2.05) is 13.0 Å². The van der Waals surface area contributed by atoms with E-state index in [2.05, 4.69) is 38.8 Å². The van der Waals surface area contributed by atoms with Gasteiger partial charge in [-0.25, -0.2) is 0 Å². The average molecular weight is 249 g/mol. The molecule has 102 valence electrons. The largest absolute Gasteiger partial charge is 0.292 e. The summed E-state index contributed by atoms with van der Waals surface area (Å²) < 4.78 is 0. The summed E-state index contributed by atoms with van der Waals surface area (Å²) in [7, 11) is 1.69. The summed E-state index contributed by atoms with van der Waals surface area (Å²) in [5.74, 6) is 0.653. The molecule has 0 aliphatic carbocycles. The zero-order valence-electron chi connectivity index (χ0n) is 12.7. The van der Waals surface area contributed by atoms with Crippen molar-refractivity contribution in [2.45, 2.75) is 53.9 Å². The van der Waals surface area contributed by atoms with E-state index in [0.29, 0.717) is 18.1 Å². The smallest absolute Gasteiger partial charge is 0.180 e. The van der Waals surface area contributed by atoms with E-state index in [9.17, 15) is 4.79 Å². The molecule has 1 unspecified atom stereocenters. The molecule has 0 saturated carbocycles. The minimum Gasteiger partial charge on any atom is -0.292 e. The van der Waals surface area contributed by atoms with Gasteiger partial charge in [-0.2, -0.15) is 0 Å². The van der Waals surface area contributed by atoms with E-state index in [-0.39, 0.29) is 5.78 Å². The quantitative estimate of drug-likeness (QED) is 0.487. The Morgan fingerprint density at radius 3 is 2.33 bits per heavy atom. The van der Waals surface area contributed by atoms with Crippen molar-refractivity contribution in [1.82, 2.24) is 0 Å². The maximum Gasteiger partial charge on any atom is 0.180 e. The maximum absolute atomic E-state index is 11.8. The predicted octanol–water partition coefficient (Wildman–Crippen LogP) is 4.37. The van der Waals surface area contributed by atoms with Crippen molar-refractivity contribution in [3.05, 3.63) is 23.3 Å². The van der Waals surface area contributed by atoms with E-state index in [4.69, 9.17) is 0 Å². The van der Waals surface area contributed by atoms with Gasteiger partial charge in [0.1, 0.15) is 0 Å². The molecule has 0 aromatic heterocycles. The number of Topliss-reactive ketones (excluding diaryl/α,β-unsaturated/α-hetero) is 1. The van der Waals surface area contributed by atoms with Crippen LogP contribution in [0.3, 0.4) is 0 Å². The fourth-order valence-electron chi connectivity index (χ4n) is 2.05.